The molecule has 3 aromatic heterocycles. The highest BCUT2D eigenvalue weighted by Gasteiger charge is 2.31. The van der Waals surface area contributed by atoms with Crippen molar-refractivity contribution in [1.29, 1.82) is 0 Å². The van der Waals surface area contributed by atoms with E-state index in [0.29, 0.717) is 11.3 Å². The van der Waals surface area contributed by atoms with Gasteiger partial charge in [0, 0.05) is 23.5 Å². The van der Waals surface area contributed by atoms with E-state index in [1.807, 2.05) is 0 Å². The average molecular weight is 372 g/mol. The fourth-order valence-corrected chi connectivity index (χ4v) is 2.48. The number of rotatable bonds is 3. The molecule has 0 atom stereocenters. The lowest BCUT2D eigenvalue weighted by atomic mass is 10.1. The minimum atomic E-state index is -4.45. The Kier molecular flexibility index (Phi) is 3.98. The lowest BCUT2D eigenvalue weighted by Gasteiger charge is -2.06. The van der Waals surface area contributed by atoms with Gasteiger partial charge in [0.15, 0.2) is 5.69 Å². The molecule has 0 aliphatic heterocycles. The molecule has 136 valence electrons. The maximum atomic E-state index is 12.9. The molecule has 4 rings (SSSR count). The summed E-state index contributed by atoms with van der Waals surface area (Å²) in [7, 11) is 0. The first-order chi connectivity index (χ1) is 12.9. The van der Waals surface area contributed by atoms with Gasteiger partial charge in [-0.2, -0.15) is 13.2 Å². The molecule has 0 saturated carbocycles. The van der Waals surface area contributed by atoms with Crippen LogP contribution in [0.4, 0.5) is 13.2 Å². The SMILES string of the molecule is Cc1oc(-c2cccc(C(F)(F)F)c2)nc1-c1nnc(-c2ccncc2)o1. The van der Waals surface area contributed by atoms with Crippen LogP contribution in [0.1, 0.15) is 11.3 Å². The highest BCUT2D eigenvalue weighted by molar-refractivity contribution is 5.61. The number of aryl methyl sites for hydroxylation is 1. The summed E-state index contributed by atoms with van der Waals surface area (Å²) in [4.78, 5) is 8.15. The second kappa shape index (κ2) is 6.35. The van der Waals surface area contributed by atoms with Crippen molar-refractivity contribution in [2.75, 3.05) is 0 Å². The molecule has 0 unspecified atom stereocenters. The van der Waals surface area contributed by atoms with Gasteiger partial charge in [-0.1, -0.05) is 6.07 Å². The van der Waals surface area contributed by atoms with Crippen molar-refractivity contribution in [3.63, 3.8) is 0 Å². The summed E-state index contributed by atoms with van der Waals surface area (Å²) in [6.07, 6.45) is -1.27. The van der Waals surface area contributed by atoms with Gasteiger partial charge in [0.05, 0.1) is 5.56 Å². The minimum absolute atomic E-state index is 0.0391. The van der Waals surface area contributed by atoms with E-state index < -0.39 is 11.7 Å². The lowest BCUT2D eigenvalue weighted by molar-refractivity contribution is -0.137. The molecule has 0 amide bonds. The predicted molar refractivity (Wildman–Crippen MR) is 88.2 cm³/mol. The molecule has 0 N–H and O–H groups in total. The number of nitrogens with zero attached hydrogens (tertiary/aromatic N) is 4. The van der Waals surface area contributed by atoms with Crippen molar-refractivity contribution in [2.45, 2.75) is 13.1 Å². The Morgan fingerprint density at radius 1 is 0.852 bits per heavy atom. The van der Waals surface area contributed by atoms with Gasteiger partial charge in [-0.25, -0.2) is 4.98 Å². The summed E-state index contributed by atoms with van der Waals surface area (Å²) >= 11 is 0. The van der Waals surface area contributed by atoms with E-state index in [1.165, 1.54) is 12.1 Å². The first kappa shape index (κ1) is 17.0. The molecule has 4 aromatic rings. The summed E-state index contributed by atoms with van der Waals surface area (Å²) in [6.45, 7) is 1.62. The molecule has 3 heterocycles. The topological polar surface area (TPSA) is 77.8 Å². The van der Waals surface area contributed by atoms with Crippen molar-refractivity contribution >= 4 is 0 Å². The smallest absolute Gasteiger partial charge is 0.416 e. The van der Waals surface area contributed by atoms with Gasteiger partial charge in [0.25, 0.3) is 5.89 Å². The average Bonchev–Trinajstić information content (AvgIpc) is 3.28. The van der Waals surface area contributed by atoms with Crippen LogP contribution in [0, 0.1) is 6.92 Å². The van der Waals surface area contributed by atoms with Crippen molar-refractivity contribution in [1.82, 2.24) is 20.2 Å². The molecule has 0 bridgehead atoms. The molecule has 0 saturated heterocycles. The second-order valence-electron chi connectivity index (χ2n) is 5.65. The van der Waals surface area contributed by atoms with Crippen LogP contribution in [-0.2, 0) is 6.18 Å². The van der Waals surface area contributed by atoms with E-state index in [-0.39, 0.29) is 28.9 Å². The van der Waals surface area contributed by atoms with Gasteiger partial charge >= 0.3 is 6.18 Å². The largest absolute Gasteiger partial charge is 0.441 e. The Bertz CT molecular complexity index is 1090. The van der Waals surface area contributed by atoms with Gasteiger partial charge in [-0.15, -0.1) is 10.2 Å². The fourth-order valence-electron chi connectivity index (χ4n) is 2.48. The molecular formula is C18H11F3N4O2. The van der Waals surface area contributed by atoms with Gasteiger partial charge in [-0.3, -0.25) is 4.98 Å². The standard InChI is InChI=1S/C18H11F3N4O2/c1-10-14(17-25-24-16(27-17)11-5-7-22-8-6-11)23-15(26-10)12-3-2-4-13(9-12)18(19,20)21/h2-9H,1H3. The summed E-state index contributed by atoms with van der Waals surface area (Å²) in [5.41, 5.74) is 0.376. The van der Waals surface area contributed by atoms with Crippen LogP contribution >= 0.6 is 0 Å². The lowest BCUT2D eigenvalue weighted by Crippen LogP contribution is -2.04. The first-order valence-electron chi connectivity index (χ1n) is 7.81. The number of alkyl halides is 3. The van der Waals surface area contributed by atoms with Crippen LogP contribution in [0.5, 0.6) is 0 Å². The fraction of sp³-hybridized carbons (Fsp3) is 0.111. The number of benzene rings is 1. The summed E-state index contributed by atoms with van der Waals surface area (Å²) in [5, 5.41) is 7.91. The zero-order chi connectivity index (χ0) is 19.0. The van der Waals surface area contributed by atoms with Crippen molar-refractivity contribution < 1.29 is 22.0 Å². The highest BCUT2D eigenvalue weighted by Crippen LogP contribution is 2.34. The number of pyridine rings is 1. The van der Waals surface area contributed by atoms with Crippen LogP contribution in [0.25, 0.3) is 34.5 Å². The number of hydrogen-bond donors (Lipinski definition) is 0. The molecule has 1 aromatic carbocycles. The molecule has 0 radical (unpaired) electrons. The molecule has 0 aliphatic carbocycles. The Balaban J connectivity index is 1.70. The maximum Gasteiger partial charge on any atom is 0.416 e. The molecular weight excluding hydrogens is 361 g/mol. The number of hydrogen-bond acceptors (Lipinski definition) is 6. The first-order valence-corrected chi connectivity index (χ1v) is 7.81. The Morgan fingerprint density at radius 2 is 1.59 bits per heavy atom. The van der Waals surface area contributed by atoms with E-state index in [2.05, 4.69) is 20.2 Å². The van der Waals surface area contributed by atoms with E-state index in [9.17, 15) is 13.2 Å². The zero-order valence-corrected chi connectivity index (χ0v) is 13.9. The van der Waals surface area contributed by atoms with E-state index in [4.69, 9.17) is 8.83 Å². The second-order valence-corrected chi connectivity index (χ2v) is 5.65. The van der Waals surface area contributed by atoms with E-state index in [1.54, 1.807) is 31.5 Å². The van der Waals surface area contributed by atoms with Crippen molar-refractivity contribution in [3.8, 4) is 34.5 Å². The van der Waals surface area contributed by atoms with Crippen molar-refractivity contribution in [3.05, 3.63) is 60.1 Å². The molecule has 6 nitrogen and oxygen atoms in total. The summed E-state index contributed by atoms with van der Waals surface area (Å²) in [5.74, 6) is 0.779. The normalized spacial score (nSPS) is 11.7. The highest BCUT2D eigenvalue weighted by atomic mass is 19.4. The Labute approximate surface area is 150 Å². The number of oxazole rings is 1. The van der Waals surface area contributed by atoms with Crippen LogP contribution in [0.3, 0.4) is 0 Å². The van der Waals surface area contributed by atoms with Gasteiger partial charge in [0.1, 0.15) is 5.76 Å². The third-order valence-corrected chi connectivity index (χ3v) is 3.79. The summed E-state index contributed by atoms with van der Waals surface area (Å²) in [6, 6.07) is 8.17. The quantitative estimate of drug-likeness (QED) is 0.515. The van der Waals surface area contributed by atoms with Gasteiger partial charge in [0.2, 0.25) is 11.8 Å². The zero-order valence-electron chi connectivity index (χ0n) is 13.9. The van der Waals surface area contributed by atoms with Crippen LogP contribution in [-0.4, -0.2) is 20.2 Å². The predicted octanol–water partition coefficient (Wildman–Crippen LogP) is 4.78. The Morgan fingerprint density at radius 3 is 2.33 bits per heavy atom. The molecule has 0 aliphatic rings. The molecule has 0 spiro atoms. The molecule has 9 heteroatoms. The number of aromatic nitrogens is 4. The van der Waals surface area contributed by atoms with Gasteiger partial charge in [-0.05, 0) is 37.3 Å². The molecule has 27 heavy (non-hydrogen) atoms. The van der Waals surface area contributed by atoms with E-state index in [0.717, 1.165) is 12.1 Å². The maximum absolute atomic E-state index is 12.9. The minimum Gasteiger partial charge on any atom is -0.441 e. The van der Waals surface area contributed by atoms with Crippen LogP contribution < -0.4 is 0 Å². The van der Waals surface area contributed by atoms with Gasteiger partial charge < -0.3 is 8.83 Å². The molecule has 0 fully saturated rings. The Hall–Kier alpha value is -3.49. The van der Waals surface area contributed by atoms with Crippen LogP contribution in [0.15, 0.2) is 57.6 Å². The van der Waals surface area contributed by atoms with Crippen LogP contribution in [0.2, 0.25) is 0 Å². The van der Waals surface area contributed by atoms with E-state index >= 15 is 0 Å². The monoisotopic (exact) mass is 372 g/mol. The summed E-state index contributed by atoms with van der Waals surface area (Å²) < 4.78 is 49.9. The third kappa shape index (κ3) is 3.31. The van der Waals surface area contributed by atoms with Crippen molar-refractivity contribution in [2.24, 2.45) is 0 Å². The number of halogens is 3. The third-order valence-electron chi connectivity index (χ3n) is 3.79.